The average molecular weight is 433 g/mol. The van der Waals surface area contributed by atoms with Crippen LogP contribution in [0.25, 0.3) is 0 Å². The summed E-state index contributed by atoms with van der Waals surface area (Å²) in [6, 6.07) is 0. The van der Waals surface area contributed by atoms with Gasteiger partial charge in [-0.15, -0.1) is 0 Å². The third-order valence-electron chi connectivity index (χ3n) is 4.58. The summed E-state index contributed by atoms with van der Waals surface area (Å²) in [6.45, 7) is 5.04. The molecule has 0 aliphatic heterocycles. The molecule has 1 aliphatic rings. The lowest BCUT2D eigenvalue weighted by atomic mass is 9.86. The Kier molecular flexibility index (Phi) is 8.46. The zero-order chi connectivity index (χ0) is 21.6. The standard InChI is InChI=1S/C17H26F4O6S/c1-13(14(22)27-15(2)8-4-3-5-9-15)12-26-11-7-6-10-16(18,19)17(20,21)28(23,24)25/h1,3-12H2,2H3,(H,23,24,25)/p-1. The molecule has 28 heavy (non-hydrogen) atoms. The number of alkyl halides is 4. The van der Waals surface area contributed by atoms with Crippen LogP contribution in [0.1, 0.15) is 58.3 Å². The minimum Gasteiger partial charge on any atom is -0.743 e. The summed E-state index contributed by atoms with van der Waals surface area (Å²) in [5.41, 5.74) is -0.502. The molecular formula is C17H25F4O6S-. The van der Waals surface area contributed by atoms with Crippen molar-refractivity contribution in [3.05, 3.63) is 12.2 Å². The summed E-state index contributed by atoms with van der Waals surface area (Å²) in [7, 11) is -6.47. The molecule has 1 saturated carbocycles. The Hall–Kier alpha value is -1.20. The van der Waals surface area contributed by atoms with Gasteiger partial charge in [-0.05, 0) is 45.4 Å². The Labute approximate surface area is 162 Å². The summed E-state index contributed by atoms with van der Waals surface area (Å²) >= 11 is 0. The molecule has 0 saturated heterocycles. The van der Waals surface area contributed by atoms with Gasteiger partial charge in [0.2, 0.25) is 0 Å². The van der Waals surface area contributed by atoms with Crippen LogP contribution in [0, 0.1) is 0 Å². The first-order valence-corrected chi connectivity index (χ1v) is 10.3. The molecule has 1 aliphatic carbocycles. The molecule has 0 N–H and O–H groups in total. The van der Waals surface area contributed by atoms with E-state index in [0.29, 0.717) is 0 Å². The number of carbonyl (C=O) groups is 1. The van der Waals surface area contributed by atoms with Crippen LogP contribution < -0.4 is 0 Å². The lowest BCUT2D eigenvalue weighted by Gasteiger charge is -2.33. The van der Waals surface area contributed by atoms with Crippen LogP contribution in [0.15, 0.2) is 12.2 Å². The van der Waals surface area contributed by atoms with E-state index in [1.54, 1.807) is 0 Å². The Bertz CT molecular complexity index is 657. The van der Waals surface area contributed by atoms with E-state index in [4.69, 9.17) is 9.47 Å². The van der Waals surface area contributed by atoms with E-state index in [1.807, 2.05) is 6.92 Å². The number of carbonyl (C=O) groups excluding carboxylic acids is 1. The SMILES string of the molecule is C=C(COCCCCC(F)(F)C(F)(F)S(=O)(=O)[O-])C(=O)OC1(C)CCCCC1. The molecule has 164 valence electrons. The highest BCUT2D eigenvalue weighted by Gasteiger charge is 2.60. The van der Waals surface area contributed by atoms with Crippen LogP contribution >= 0.6 is 0 Å². The van der Waals surface area contributed by atoms with Crippen LogP contribution in [-0.2, 0) is 24.4 Å². The summed E-state index contributed by atoms with van der Waals surface area (Å²) in [5, 5.41) is -5.67. The summed E-state index contributed by atoms with van der Waals surface area (Å²) < 4.78 is 93.8. The van der Waals surface area contributed by atoms with Crippen molar-refractivity contribution >= 4 is 16.1 Å². The van der Waals surface area contributed by atoms with E-state index in [0.717, 1.165) is 32.1 Å². The normalized spacial score (nSPS) is 17.9. The molecular weight excluding hydrogens is 408 g/mol. The van der Waals surface area contributed by atoms with Crippen LogP contribution in [0.3, 0.4) is 0 Å². The van der Waals surface area contributed by atoms with Crippen LogP contribution in [0.5, 0.6) is 0 Å². The van der Waals surface area contributed by atoms with Gasteiger partial charge in [-0.2, -0.15) is 17.6 Å². The van der Waals surface area contributed by atoms with Gasteiger partial charge in [0, 0.05) is 13.0 Å². The van der Waals surface area contributed by atoms with E-state index in [2.05, 4.69) is 6.58 Å². The van der Waals surface area contributed by atoms with E-state index in [1.165, 1.54) is 0 Å². The predicted molar refractivity (Wildman–Crippen MR) is 91.0 cm³/mol. The molecule has 0 aromatic heterocycles. The van der Waals surface area contributed by atoms with Gasteiger partial charge < -0.3 is 14.0 Å². The maximum absolute atomic E-state index is 13.3. The molecule has 11 heteroatoms. The maximum atomic E-state index is 13.3. The van der Waals surface area contributed by atoms with Crippen molar-refractivity contribution in [1.82, 2.24) is 0 Å². The van der Waals surface area contributed by atoms with Crippen LogP contribution in [-0.4, -0.2) is 48.9 Å². The second-order valence-corrected chi connectivity index (χ2v) is 8.61. The molecule has 0 aromatic rings. The second kappa shape index (κ2) is 9.53. The van der Waals surface area contributed by atoms with Gasteiger partial charge in [-0.1, -0.05) is 13.0 Å². The quantitative estimate of drug-likeness (QED) is 0.162. The van der Waals surface area contributed by atoms with Gasteiger partial charge >= 0.3 is 17.1 Å². The number of hydrogen-bond acceptors (Lipinski definition) is 6. The lowest BCUT2D eigenvalue weighted by Crippen LogP contribution is -2.46. The van der Waals surface area contributed by atoms with Crippen molar-refractivity contribution in [1.29, 1.82) is 0 Å². The molecule has 0 amide bonds. The molecule has 1 rings (SSSR count). The van der Waals surface area contributed by atoms with Crippen molar-refractivity contribution in [3.8, 4) is 0 Å². The Balaban J connectivity index is 2.30. The molecule has 1 fully saturated rings. The Morgan fingerprint density at radius 1 is 1.14 bits per heavy atom. The Morgan fingerprint density at radius 3 is 2.25 bits per heavy atom. The molecule has 0 spiro atoms. The number of hydrogen-bond donors (Lipinski definition) is 0. The van der Waals surface area contributed by atoms with Gasteiger partial charge in [0.1, 0.15) is 5.60 Å². The van der Waals surface area contributed by atoms with Crippen molar-refractivity contribution < 1.29 is 44.8 Å². The third kappa shape index (κ3) is 6.70. The topological polar surface area (TPSA) is 92.7 Å². The number of rotatable bonds is 11. The number of esters is 1. The van der Waals surface area contributed by atoms with Gasteiger partial charge in [-0.25, -0.2) is 13.2 Å². The van der Waals surface area contributed by atoms with Gasteiger partial charge in [0.25, 0.3) is 0 Å². The third-order valence-corrected chi connectivity index (χ3v) is 5.51. The van der Waals surface area contributed by atoms with Gasteiger partial charge in [0.05, 0.1) is 12.2 Å². The minimum atomic E-state index is -6.47. The fraction of sp³-hybridized carbons (Fsp3) is 0.824. The second-order valence-electron chi connectivity index (χ2n) is 7.19. The highest BCUT2D eigenvalue weighted by molar-refractivity contribution is 7.86. The monoisotopic (exact) mass is 433 g/mol. The first kappa shape index (κ1) is 24.8. The molecule has 0 heterocycles. The summed E-state index contributed by atoms with van der Waals surface area (Å²) in [5.74, 6) is -5.59. The molecule has 0 atom stereocenters. The zero-order valence-electron chi connectivity index (χ0n) is 15.6. The number of halogens is 4. The molecule has 0 radical (unpaired) electrons. The summed E-state index contributed by atoms with van der Waals surface area (Å²) in [4.78, 5) is 12.0. The van der Waals surface area contributed by atoms with Crippen molar-refractivity contribution in [2.45, 2.75) is 75.1 Å². The molecule has 0 unspecified atom stereocenters. The van der Waals surface area contributed by atoms with Crippen LogP contribution in [0.4, 0.5) is 17.6 Å². The smallest absolute Gasteiger partial charge is 0.396 e. The van der Waals surface area contributed by atoms with E-state index >= 15 is 0 Å². The first-order chi connectivity index (χ1) is 12.7. The average Bonchev–Trinajstić information content (AvgIpc) is 2.56. The number of unbranched alkanes of at least 4 members (excludes halogenated alkanes) is 1. The molecule has 0 bridgehead atoms. The summed E-state index contributed by atoms with van der Waals surface area (Å²) in [6.07, 6.45) is 2.41. The highest BCUT2D eigenvalue weighted by atomic mass is 32.2. The zero-order valence-corrected chi connectivity index (χ0v) is 16.5. The number of ether oxygens (including phenoxy) is 2. The van der Waals surface area contributed by atoms with Gasteiger partial charge in [0.15, 0.2) is 10.1 Å². The minimum absolute atomic E-state index is 0.0427. The molecule has 0 aromatic carbocycles. The lowest BCUT2D eigenvalue weighted by molar-refractivity contribution is -0.165. The molecule has 6 nitrogen and oxygen atoms in total. The fourth-order valence-corrected chi connectivity index (χ4v) is 3.30. The van der Waals surface area contributed by atoms with E-state index < -0.39 is 45.7 Å². The van der Waals surface area contributed by atoms with Crippen molar-refractivity contribution in [2.24, 2.45) is 0 Å². The van der Waals surface area contributed by atoms with Crippen LogP contribution in [0.2, 0.25) is 0 Å². The van der Waals surface area contributed by atoms with Gasteiger partial charge in [-0.3, -0.25) is 0 Å². The van der Waals surface area contributed by atoms with Crippen molar-refractivity contribution in [3.63, 3.8) is 0 Å². The fourth-order valence-electron chi connectivity index (χ4n) is 2.83. The largest absolute Gasteiger partial charge is 0.743 e. The van der Waals surface area contributed by atoms with E-state index in [9.17, 15) is 35.3 Å². The maximum Gasteiger partial charge on any atom is 0.396 e. The first-order valence-electron chi connectivity index (χ1n) is 8.92. The Morgan fingerprint density at radius 2 is 1.71 bits per heavy atom. The van der Waals surface area contributed by atoms with E-state index in [-0.39, 0.29) is 25.2 Å². The van der Waals surface area contributed by atoms with Crippen molar-refractivity contribution in [2.75, 3.05) is 13.2 Å². The highest BCUT2D eigenvalue weighted by Crippen LogP contribution is 2.41. The predicted octanol–water partition coefficient (Wildman–Crippen LogP) is 3.77.